The minimum atomic E-state index is -0.0307. The van der Waals surface area contributed by atoms with Crippen molar-refractivity contribution in [2.24, 2.45) is 7.05 Å². The third kappa shape index (κ3) is 3.85. The quantitative estimate of drug-likeness (QED) is 0.847. The molecule has 0 saturated heterocycles. The van der Waals surface area contributed by atoms with Crippen LogP contribution in [-0.2, 0) is 13.6 Å². The Labute approximate surface area is 119 Å². The lowest BCUT2D eigenvalue weighted by atomic mass is 10.2. The molecule has 5 nitrogen and oxygen atoms in total. The van der Waals surface area contributed by atoms with Crippen molar-refractivity contribution in [3.63, 3.8) is 0 Å². The zero-order valence-electron chi connectivity index (χ0n) is 11.9. The molecule has 1 aromatic carbocycles. The third-order valence-corrected chi connectivity index (χ3v) is 2.92. The van der Waals surface area contributed by atoms with Crippen molar-refractivity contribution < 1.29 is 4.79 Å². The predicted molar refractivity (Wildman–Crippen MR) is 79.6 cm³/mol. The highest BCUT2D eigenvalue weighted by molar-refractivity contribution is 5.95. The summed E-state index contributed by atoms with van der Waals surface area (Å²) in [7, 11) is 1.89. The smallest absolute Gasteiger partial charge is 0.251 e. The predicted octanol–water partition coefficient (Wildman–Crippen LogP) is 2.17. The third-order valence-electron chi connectivity index (χ3n) is 2.92. The van der Waals surface area contributed by atoms with Crippen LogP contribution in [0.2, 0.25) is 0 Å². The Morgan fingerprint density at radius 3 is 2.95 bits per heavy atom. The number of aromatic nitrogens is 2. The second-order valence-electron chi connectivity index (χ2n) is 4.71. The van der Waals surface area contributed by atoms with E-state index in [0.29, 0.717) is 18.7 Å². The monoisotopic (exact) mass is 272 g/mol. The van der Waals surface area contributed by atoms with Crippen LogP contribution in [0.15, 0.2) is 36.7 Å². The fraction of sp³-hybridized carbons (Fsp3) is 0.333. The highest BCUT2D eigenvalue weighted by Crippen LogP contribution is 2.12. The van der Waals surface area contributed by atoms with Crippen LogP contribution in [0, 0.1) is 0 Å². The molecule has 0 aliphatic heterocycles. The van der Waals surface area contributed by atoms with Gasteiger partial charge in [0.15, 0.2) is 0 Å². The van der Waals surface area contributed by atoms with Crippen LogP contribution in [0.25, 0.3) is 0 Å². The second kappa shape index (κ2) is 6.75. The molecule has 2 aromatic rings. The van der Waals surface area contributed by atoms with Crippen molar-refractivity contribution in [3.8, 4) is 0 Å². The molecule has 0 aliphatic rings. The molecule has 1 amide bonds. The largest absolute Gasteiger partial charge is 0.381 e. The summed E-state index contributed by atoms with van der Waals surface area (Å²) in [6.45, 7) is 3.42. The van der Waals surface area contributed by atoms with Crippen molar-refractivity contribution in [1.82, 2.24) is 15.1 Å². The van der Waals surface area contributed by atoms with E-state index in [4.69, 9.17) is 0 Å². The number of amides is 1. The van der Waals surface area contributed by atoms with Gasteiger partial charge in [-0.2, -0.15) is 5.10 Å². The average molecular weight is 272 g/mol. The minimum absolute atomic E-state index is 0.0307. The maximum Gasteiger partial charge on any atom is 0.251 e. The Hall–Kier alpha value is -2.30. The zero-order valence-corrected chi connectivity index (χ0v) is 11.9. The zero-order chi connectivity index (χ0) is 14.4. The van der Waals surface area contributed by atoms with Crippen LogP contribution in [0.4, 0.5) is 5.69 Å². The van der Waals surface area contributed by atoms with Crippen LogP contribution >= 0.6 is 0 Å². The molecule has 0 aliphatic carbocycles. The summed E-state index contributed by atoms with van der Waals surface area (Å²) in [6.07, 6.45) is 4.72. The SMILES string of the molecule is CCCNC(=O)c1cccc(NCc2cnn(C)c2)c1. The fourth-order valence-corrected chi connectivity index (χ4v) is 1.88. The molecule has 0 unspecified atom stereocenters. The standard InChI is InChI=1S/C15H20N4O/c1-3-7-16-15(20)13-5-4-6-14(8-13)17-9-12-10-18-19(2)11-12/h4-6,8,10-11,17H,3,7,9H2,1-2H3,(H,16,20). The molecular weight excluding hydrogens is 252 g/mol. The molecule has 1 heterocycles. The van der Waals surface area contributed by atoms with E-state index < -0.39 is 0 Å². The van der Waals surface area contributed by atoms with Gasteiger partial charge in [-0.05, 0) is 24.6 Å². The summed E-state index contributed by atoms with van der Waals surface area (Å²) in [5.74, 6) is -0.0307. The number of anilines is 1. The lowest BCUT2D eigenvalue weighted by Crippen LogP contribution is -2.23. The van der Waals surface area contributed by atoms with Crippen molar-refractivity contribution in [2.75, 3.05) is 11.9 Å². The molecule has 0 radical (unpaired) electrons. The highest BCUT2D eigenvalue weighted by atomic mass is 16.1. The Bertz CT molecular complexity index is 577. The summed E-state index contributed by atoms with van der Waals surface area (Å²) in [6, 6.07) is 7.51. The van der Waals surface area contributed by atoms with E-state index in [-0.39, 0.29) is 5.91 Å². The van der Waals surface area contributed by atoms with Gasteiger partial charge in [0.2, 0.25) is 0 Å². The molecule has 0 atom stereocenters. The van der Waals surface area contributed by atoms with Crippen LogP contribution < -0.4 is 10.6 Å². The Balaban J connectivity index is 1.97. The first-order valence-corrected chi connectivity index (χ1v) is 6.78. The lowest BCUT2D eigenvalue weighted by molar-refractivity contribution is 0.0953. The molecule has 0 fully saturated rings. The summed E-state index contributed by atoms with van der Waals surface area (Å²) in [4.78, 5) is 11.9. The number of hydrogen-bond acceptors (Lipinski definition) is 3. The molecular formula is C15H20N4O. The maximum atomic E-state index is 11.9. The molecule has 0 saturated carbocycles. The van der Waals surface area contributed by atoms with Gasteiger partial charge in [-0.25, -0.2) is 0 Å². The van der Waals surface area contributed by atoms with E-state index in [0.717, 1.165) is 17.7 Å². The van der Waals surface area contributed by atoms with Gasteiger partial charge in [0, 0.05) is 43.1 Å². The van der Waals surface area contributed by atoms with E-state index in [1.807, 2.05) is 50.6 Å². The Morgan fingerprint density at radius 1 is 1.40 bits per heavy atom. The molecule has 0 spiro atoms. The van der Waals surface area contributed by atoms with Gasteiger partial charge in [0.1, 0.15) is 0 Å². The minimum Gasteiger partial charge on any atom is -0.381 e. The average Bonchev–Trinajstić information content (AvgIpc) is 2.88. The molecule has 2 rings (SSSR count). The van der Waals surface area contributed by atoms with E-state index in [1.165, 1.54) is 0 Å². The van der Waals surface area contributed by atoms with Gasteiger partial charge < -0.3 is 10.6 Å². The van der Waals surface area contributed by atoms with Gasteiger partial charge in [-0.3, -0.25) is 9.48 Å². The summed E-state index contributed by atoms with van der Waals surface area (Å²) in [5.41, 5.74) is 2.71. The molecule has 5 heteroatoms. The highest BCUT2D eigenvalue weighted by Gasteiger charge is 2.05. The fourth-order valence-electron chi connectivity index (χ4n) is 1.88. The molecule has 2 N–H and O–H groups in total. The van der Waals surface area contributed by atoms with Crippen molar-refractivity contribution in [2.45, 2.75) is 19.9 Å². The number of nitrogens with zero attached hydrogens (tertiary/aromatic N) is 2. The van der Waals surface area contributed by atoms with Crippen LogP contribution in [0.1, 0.15) is 29.3 Å². The summed E-state index contributed by atoms with van der Waals surface area (Å²) >= 11 is 0. The van der Waals surface area contributed by atoms with Gasteiger partial charge in [-0.1, -0.05) is 13.0 Å². The normalized spacial score (nSPS) is 10.3. The number of rotatable bonds is 6. The van der Waals surface area contributed by atoms with Gasteiger partial charge in [-0.15, -0.1) is 0 Å². The second-order valence-corrected chi connectivity index (χ2v) is 4.71. The van der Waals surface area contributed by atoms with Crippen LogP contribution in [-0.4, -0.2) is 22.2 Å². The lowest BCUT2D eigenvalue weighted by Gasteiger charge is -2.08. The first-order chi connectivity index (χ1) is 9.69. The van der Waals surface area contributed by atoms with Crippen molar-refractivity contribution in [1.29, 1.82) is 0 Å². The molecule has 106 valence electrons. The number of carbonyl (C=O) groups excluding carboxylic acids is 1. The molecule has 0 bridgehead atoms. The maximum absolute atomic E-state index is 11.9. The van der Waals surface area contributed by atoms with E-state index >= 15 is 0 Å². The number of aryl methyl sites for hydroxylation is 1. The van der Waals surface area contributed by atoms with Crippen LogP contribution in [0.5, 0.6) is 0 Å². The van der Waals surface area contributed by atoms with E-state index in [9.17, 15) is 4.79 Å². The molecule has 1 aromatic heterocycles. The number of benzene rings is 1. The summed E-state index contributed by atoms with van der Waals surface area (Å²) < 4.78 is 1.77. The number of hydrogen-bond donors (Lipinski definition) is 2. The van der Waals surface area contributed by atoms with Gasteiger partial charge >= 0.3 is 0 Å². The van der Waals surface area contributed by atoms with Gasteiger partial charge in [0.25, 0.3) is 5.91 Å². The number of carbonyl (C=O) groups is 1. The molecule has 20 heavy (non-hydrogen) atoms. The van der Waals surface area contributed by atoms with E-state index in [1.54, 1.807) is 4.68 Å². The van der Waals surface area contributed by atoms with E-state index in [2.05, 4.69) is 15.7 Å². The van der Waals surface area contributed by atoms with Crippen molar-refractivity contribution in [3.05, 3.63) is 47.8 Å². The topological polar surface area (TPSA) is 59.0 Å². The Morgan fingerprint density at radius 2 is 2.25 bits per heavy atom. The summed E-state index contributed by atoms with van der Waals surface area (Å²) in [5, 5.41) is 10.3. The first kappa shape index (κ1) is 14.1. The first-order valence-electron chi connectivity index (χ1n) is 6.78. The van der Waals surface area contributed by atoms with Crippen LogP contribution in [0.3, 0.4) is 0 Å². The van der Waals surface area contributed by atoms with Gasteiger partial charge in [0.05, 0.1) is 6.20 Å². The Kier molecular flexibility index (Phi) is 4.76. The number of nitrogens with one attached hydrogen (secondary N) is 2. The van der Waals surface area contributed by atoms with Crippen molar-refractivity contribution >= 4 is 11.6 Å².